The maximum absolute atomic E-state index is 9.07. The van der Waals surface area contributed by atoms with Crippen LogP contribution in [0.4, 0.5) is 11.5 Å². The third kappa shape index (κ3) is 2.55. The Kier molecular flexibility index (Phi) is 3.27. The van der Waals surface area contributed by atoms with E-state index in [0.717, 1.165) is 11.3 Å². The van der Waals surface area contributed by atoms with Crippen molar-refractivity contribution in [3.63, 3.8) is 0 Å². The summed E-state index contributed by atoms with van der Waals surface area (Å²) < 4.78 is 0. The van der Waals surface area contributed by atoms with Crippen LogP contribution in [0.1, 0.15) is 11.1 Å². The summed E-state index contributed by atoms with van der Waals surface area (Å²) >= 11 is 5.80. The molecule has 0 fully saturated rings. The minimum Gasteiger partial charge on any atom is -0.339 e. The van der Waals surface area contributed by atoms with E-state index in [-0.39, 0.29) is 0 Å². The first-order valence-electron chi connectivity index (χ1n) is 5.09. The second-order valence-corrected chi connectivity index (χ2v) is 4.03. The van der Waals surface area contributed by atoms with Gasteiger partial charge in [0.25, 0.3) is 0 Å². The summed E-state index contributed by atoms with van der Waals surface area (Å²) in [6, 6.07) is 11.2. The topological polar surface area (TPSA) is 48.7 Å². The minimum absolute atomic E-state index is 0.558. The highest BCUT2D eigenvalue weighted by molar-refractivity contribution is 6.30. The fourth-order valence-corrected chi connectivity index (χ4v) is 1.59. The maximum Gasteiger partial charge on any atom is 0.148 e. The molecule has 2 rings (SSSR count). The fraction of sp³-hybridized carbons (Fsp3) is 0.0769. The Balaban J connectivity index is 2.34. The third-order valence-corrected chi connectivity index (χ3v) is 2.63. The van der Waals surface area contributed by atoms with Gasteiger partial charge in [-0.05, 0) is 42.8 Å². The first kappa shape index (κ1) is 11.4. The SMILES string of the molecule is Cc1ccnc(Nc2ccc(Cl)cc2)c1C#N. The van der Waals surface area contributed by atoms with Gasteiger partial charge in [-0.25, -0.2) is 4.98 Å². The molecule has 0 aliphatic heterocycles. The van der Waals surface area contributed by atoms with Gasteiger partial charge in [-0.1, -0.05) is 11.6 Å². The lowest BCUT2D eigenvalue weighted by atomic mass is 10.1. The molecule has 0 aliphatic carbocycles. The summed E-state index contributed by atoms with van der Waals surface area (Å²) in [7, 11) is 0. The van der Waals surface area contributed by atoms with E-state index in [1.165, 1.54) is 0 Å². The average Bonchev–Trinajstić information content (AvgIpc) is 2.32. The quantitative estimate of drug-likeness (QED) is 0.876. The second kappa shape index (κ2) is 4.86. The van der Waals surface area contributed by atoms with Crippen molar-refractivity contribution in [2.24, 2.45) is 0 Å². The van der Waals surface area contributed by atoms with E-state index < -0.39 is 0 Å². The first-order chi connectivity index (χ1) is 8.20. The van der Waals surface area contributed by atoms with Crippen LogP contribution < -0.4 is 5.32 Å². The number of anilines is 2. The Morgan fingerprint density at radius 2 is 1.94 bits per heavy atom. The van der Waals surface area contributed by atoms with Gasteiger partial charge in [-0.15, -0.1) is 0 Å². The molecule has 1 aromatic carbocycles. The fourth-order valence-electron chi connectivity index (χ4n) is 1.46. The van der Waals surface area contributed by atoms with Crippen LogP contribution in [0.2, 0.25) is 5.02 Å². The van der Waals surface area contributed by atoms with Crippen molar-refractivity contribution >= 4 is 23.1 Å². The summed E-state index contributed by atoms with van der Waals surface area (Å²) in [6.45, 7) is 1.88. The summed E-state index contributed by atoms with van der Waals surface area (Å²) in [5.41, 5.74) is 2.31. The predicted molar refractivity (Wildman–Crippen MR) is 68.4 cm³/mol. The van der Waals surface area contributed by atoms with E-state index in [1.807, 2.05) is 25.1 Å². The number of pyridine rings is 1. The number of aryl methyl sites for hydroxylation is 1. The molecule has 84 valence electrons. The molecule has 0 saturated heterocycles. The van der Waals surface area contributed by atoms with Crippen LogP contribution in [0.5, 0.6) is 0 Å². The van der Waals surface area contributed by atoms with E-state index in [2.05, 4.69) is 16.4 Å². The standard InChI is InChI=1S/C13H10ClN3/c1-9-6-7-16-13(12(9)8-15)17-11-4-2-10(14)3-5-11/h2-7H,1H3,(H,16,17). The minimum atomic E-state index is 0.558. The number of hydrogen-bond donors (Lipinski definition) is 1. The molecule has 0 bridgehead atoms. The van der Waals surface area contributed by atoms with Crippen LogP contribution in [0.3, 0.4) is 0 Å². The Morgan fingerprint density at radius 3 is 2.59 bits per heavy atom. The summed E-state index contributed by atoms with van der Waals surface area (Å²) in [4.78, 5) is 4.16. The molecule has 1 aromatic heterocycles. The van der Waals surface area contributed by atoms with Gasteiger partial charge < -0.3 is 5.32 Å². The lowest BCUT2D eigenvalue weighted by molar-refractivity contribution is 1.24. The zero-order chi connectivity index (χ0) is 12.3. The molecule has 0 atom stereocenters. The molecule has 0 unspecified atom stereocenters. The lowest BCUT2D eigenvalue weighted by Crippen LogP contribution is -1.98. The first-order valence-corrected chi connectivity index (χ1v) is 5.47. The van der Waals surface area contributed by atoms with Crippen LogP contribution in [-0.2, 0) is 0 Å². The van der Waals surface area contributed by atoms with Gasteiger partial charge in [0.2, 0.25) is 0 Å². The molecule has 0 saturated carbocycles. The summed E-state index contributed by atoms with van der Waals surface area (Å²) in [6.07, 6.45) is 1.68. The monoisotopic (exact) mass is 243 g/mol. The second-order valence-electron chi connectivity index (χ2n) is 3.60. The zero-order valence-corrected chi connectivity index (χ0v) is 9.99. The Hall–Kier alpha value is -2.05. The number of halogens is 1. The highest BCUT2D eigenvalue weighted by Gasteiger charge is 2.06. The third-order valence-electron chi connectivity index (χ3n) is 2.38. The van der Waals surface area contributed by atoms with Gasteiger partial charge in [0.1, 0.15) is 11.9 Å². The van der Waals surface area contributed by atoms with Gasteiger partial charge in [0.15, 0.2) is 0 Å². The Labute approximate surface area is 105 Å². The number of nitrogens with one attached hydrogen (secondary N) is 1. The number of nitrogens with zero attached hydrogens (tertiary/aromatic N) is 2. The zero-order valence-electron chi connectivity index (χ0n) is 9.24. The Morgan fingerprint density at radius 1 is 1.24 bits per heavy atom. The number of hydrogen-bond acceptors (Lipinski definition) is 3. The highest BCUT2D eigenvalue weighted by atomic mass is 35.5. The highest BCUT2D eigenvalue weighted by Crippen LogP contribution is 2.21. The van der Waals surface area contributed by atoms with Crippen molar-refractivity contribution in [1.29, 1.82) is 5.26 Å². The number of rotatable bonds is 2. The maximum atomic E-state index is 9.07. The van der Waals surface area contributed by atoms with Crippen molar-refractivity contribution in [2.75, 3.05) is 5.32 Å². The van der Waals surface area contributed by atoms with Crippen LogP contribution in [0.25, 0.3) is 0 Å². The number of benzene rings is 1. The molecule has 1 heterocycles. The molecule has 17 heavy (non-hydrogen) atoms. The molecule has 0 radical (unpaired) electrons. The largest absolute Gasteiger partial charge is 0.339 e. The van der Waals surface area contributed by atoms with Gasteiger partial charge in [-0.2, -0.15) is 5.26 Å². The molecule has 0 amide bonds. The van der Waals surface area contributed by atoms with Crippen LogP contribution in [0.15, 0.2) is 36.5 Å². The van der Waals surface area contributed by atoms with Crippen LogP contribution in [0, 0.1) is 18.3 Å². The number of aromatic nitrogens is 1. The number of nitriles is 1. The average molecular weight is 244 g/mol. The smallest absolute Gasteiger partial charge is 0.148 e. The van der Waals surface area contributed by atoms with Crippen LogP contribution >= 0.6 is 11.6 Å². The Bertz CT molecular complexity index is 570. The van der Waals surface area contributed by atoms with Gasteiger partial charge >= 0.3 is 0 Å². The van der Waals surface area contributed by atoms with Crippen molar-refractivity contribution in [1.82, 2.24) is 4.98 Å². The van der Waals surface area contributed by atoms with Crippen molar-refractivity contribution < 1.29 is 0 Å². The van der Waals surface area contributed by atoms with Gasteiger partial charge in [-0.3, -0.25) is 0 Å². The summed E-state index contributed by atoms with van der Waals surface area (Å²) in [5.74, 6) is 0.565. The lowest BCUT2D eigenvalue weighted by Gasteiger charge is -2.08. The van der Waals surface area contributed by atoms with E-state index in [9.17, 15) is 0 Å². The molecular formula is C13H10ClN3. The van der Waals surface area contributed by atoms with E-state index in [0.29, 0.717) is 16.4 Å². The molecule has 2 aromatic rings. The van der Waals surface area contributed by atoms with E-state index >= 15 is 0 Å². The molecule has 0 aliphatic rings. The molecule has 4 heteroatoms. The van der Waals surface area contributed by atoms with Crippen LogP contribution in [-0.4, -0.2) is 4.98 Å². The molecule has 1 N–H and O–H groups in total. The molecule has 0 spiro atoms. The van der Waals surface area contributed by atoms with Gasteiger partial charge in [0.05, 0.1) is 5.56 Å². The van der Waals surface area contributed by atoms with E-state index in [4.69, 9.17) is 16.9 Å². The van der Waals surface area contributed by atoms with Crippen molar-refractivity contribution in [3.8, 4) is 6.07 Å². The van der Waals surface area contributed by atoms with Crippen molar-refractivity contribution in [3.05, 3.63) is 52.7 Å². The predicted octanol–water partition coefficient (Wildman–Crippen LogP) is 3.66. The van der Waals surface area contributed by atoms with Gasteiger partial charge in [0, 0.05) is 16.9 Å². The summed E-state index contributed by atoms with van der Waals surface area (Å²) in [5, 5.41) is 12.8. The molecule has 3 nitrogen and oxygen atoms in total. The molecular weight excluding hydrogens is 234 g/mol. The van der Waals surface area contributed by atoms with Crippen molar-refractivity contribution in [2.45, 2.75) is 6.92 Å². The van der Waals surface area contributed by atoms with E-state index in [1.54, 1.807) is 18.3 Å². The normalized spacial score (nSPS) is 9.71.